The Labute approximate surface area is 250 Å². The van der Waals surface area contributed by atoms with Gasteiger partial charge in [-0.15, -0.1) is 10.1 Å². The quantitative estimate of drug-likeness (QED) is 0.0535. The van der Waals surface area contributed by atoms with Crippen LogP contribution in [0.3, 0.4) is 0 Å². The Morgan fingerprint density at radius 2 is 1.56 bits per heavy atom. The average molecular weight is 583 g/mol. The van der Waals surface area contributed by atoms with Crippen LogP contribution in [0.1, 0.15) is 124 Å². The summed E-state index contributed by atoms with van der Waals surface area (Å²) < 4.78 is 0. The maximum Gasteiger partial charge on any atom is 0.294 e. The number of piperazine rings is 1. The summed E-state index contributed by atoms with van der Waals surface area (Å²) in [6.07, 6.45) is 24.4. The molecule has 1 heterocycles. The van der Waals surface area contributed by atoms with Crippen molar-refractivity contribution < 1.29 is 19.5 Å². The first-order valence-corrected chi connectivity index (χ1v) is 16.5. The maximum atomic E-state index is 11.6. The van der Waals surface area contributed by atoms with E-state index in [9.17, 15) is 19.7 Å². The van der Waals surface area contributed by atoms with Gasteiger partial charge >= 0.3 is 0 Å². The minimum atomic E-state index is -0.752. The van der Waals surface area contributed by atoms with Crippen LogP contribution >= 0.6 is 0 Å². The molecule has 1 saturated heterocycles. The Balaban J connectivity index is 0.000000640. The van der Waals surface area contributed by atoms with Gasteiger partial charge in [0.15, 0.2) is 0 Å². The second kappa shape index (κ2) is 29.5. The minimum Gasteiger partial charge on any atom is -0.357 e. The first-order valence-electron chi connectivity index (χ1n) is 16.5. The molecule has 2 rings (SSSR count). The van der Waals surface area contributed by atoms with E-state index in [1.54, 1.807) is 0 Å². The number of carbonyl (C=O) groups is 2. The van der Waals surface area contributed by atoms with E-state index in [0.717, 1.165) is 64.4 Å². The number of allylic oxidation sites excluding steroid dienone is 2. The molecule has 0 spiro atoms. The third-order valence-electron chi connectivity index (χ3n) is 7.76. The zero-order valence-electron chi connectivity index (χ0n) is 26.7. The zero-order chi connectivity index (χ0) is 30.4. The summed E-state index contributed by atoms with van der Waals surface area (Å²) in [6, 6.07) is 0. The molecule has 41 heavy (non-hydrogen) atoms. The number of nitrogens with one attached hydrogen (secondary N) is 1. The molecule has 9 heteroatoms. The highest BCUT2D eigenvalue weighted by molar-refractivity contribution is 5.78. The minimum absolute atomic E-state index is 0.163. The average Bonchev–Trinajstić information content (AvgIpc) is 3.50. The van der Waals surface area contributed by atoms with Gasteiger partial charge in [-0.1, -0.05) is 90.2 Å². The predicted molar refractivity (Wildman–Crippen MR) is 168 cm³/mol. The van der Waals surface area contributed by atoms with Gasteiger partial charge in [0.25, 0.3) is 5.09 Å². The lowest BCUT2D eigenvalue weighted by Gasteiger charge is -2.34. The van der Waals surface area contributed by atoms with Crippen molar-refractivity contribution in [2.75, 3.05) is 52.4 Å². The molecule has 1 aliphatic carbocycles. The van der Waals surface area contributed by atoms with E-state index >= 15 is 0 Å². The molecular weight excluding hydrogens is 520 g/mol. The number of nitrogens with zero attached hydrogens (tertiary/aromatic N) is 3. The van der Waals surface area contributed by atoms with Crippen molar-refractivity contribution in [1.29, 1.82) is 0 Å². The predicted octanol–water partition coefficient (Wildman–Crippen LogP) is 6.59. The van der Waals surface area contributed by atoms with Crippen LogP contribution in [0.4, 0.5) is 0 Å². The van der Waals surface area contributed by atoms with Gasteiger partial charge in [0, 0.05) is 58.7 Å². The van der Waals surface area contributed by atoms with Crippen molar-refractivity contribution in [2.24, 2.45) is 5.92 Å². The van der Waals surface area contributed by atoms with Crippen LogP contribution in [0.2, 0.25) is 0 Å². The first-order chi connectivity index (χ1) is 20.0. The zero-order valence-corrected chi connectivity index (χ0v) is 26.7. The van der Waals surface area contributed by atoms with Gasteiger partial charge in [-0.3, -0.25) is 14.5 Å². The number of rotatable bonds is 21. The molecule has 0 aromatic rings. The Bertz CT molecular complexity index is 648. The Morgan fingerprint density at radius 1 is 0.927 bits per heavy atom. The summed E-state index contributed by atoms with van der Waals surface area (Å²) in [5.74, 6) is 1.40. The molecule has 1 N–H and O–H groups in total. The number of Topliss-reactive ketones (excluding diaryl/α,β-unsaturated/α-hetero) is 1. The van der Waals surface area contributed by atoms with E-state index < -0.39 is 5.09 Å². The van der Waals surface area contributed by atoms with E-state index in [1.807, 2.05) is 0 Å². The number of hydrogen-bond acceptors (Lipinski definition) is 7. The van der Waals surface area contributed by atoms with Gasteiger partial charge in [-0.25, -0.2) is 0 Å². The topological polar surface area (TPSA) is 105 Å². The molecule has 0 atom stereocenters. The normalized spacial score (nSPS) is 16.0. The lowest BCUT2D eigenvalue weighted by Crippen LogP contribution is -2.48. The maximum absolute atomic E-state index is 11.6. The Kier molecular flexibility index (Phi) is 28.1. The van der Waals surface area contributed by atoms with Crippen LogP contribution in [-0.4, -0.2) is 79.5 Å². The highest BCUT2D eigenvalue weighted by atomic mass is 16.9. The van der Waals surface area contributed by atoms with Gasteiger partial charge in [-0.05, 0) is 38.5 Å². The van der Waals surface area contributed by atoms with E-state index in [2.05, 4.69) is 52.9 Å². The molecule has 2 fully saturated rings. The van der Waals surface area contributed by atoms with Crippen molar-refractivity contribution in [3.8, 4) is 0 Å². The van der Waals surface area contributed by atoms with Crippen molar-refractivity contribution in [2.45, 2.75) is 124 Å². The second-order valence-corrected chi connectivity index (χ2v) is 11.3. The van der Waals surface area contributed by atoms with Crippen LogP contribution in [0, 0.1) is 16.0 Å². The fourth-order valence-corrected chi connectivity index (χ4v) is 5.15. The number of hydrogen-bond donors (Lipinski definition) is 1. The number of carbonyl (C=O) groups excluding carboxylic acids is 2. The molecule has 2 aliphatic rings. The fourth-order valence-electron chi connectivity index (χ4n) is 5.15. The van der Waals surface area contributed by atoms with Crippen LogP contribution in [0.25, 0.3) is 0 Å². The van der Waals surface area contributed by atoms with Gasteiger partial charge in [0.2, 0.25) is 6.41 Å². The van der Waals surface area contributed by atoms with Crippen molar-refractivity contribution >= 4 is 12.2 Å². The van der Waals surface area contributed by atoms with E-state index in [0.29, 0.717) is 25.2 Å². The van der Waals surface area contributed by atoms with Crippen LogP contribution in [0.5, 0.6) is 0 Å². The third kappa shape index (κ3) is 26.6. The standard InChI is InChI=1S/C15H28O.C10H20N4O4.C7H14/c1-2-3-4-5-6-11-15(16)13-12-14-9-7-8-10-14;15-10-11-2-4-13-7-5-12(6-8-13)3-1-9-18-14(16)17;1-3-5-7-6-4-2/h14H,2-13H2,1H3;10H,1-9H2,(H,11,15);3,5H,4,6-7H2,1-2H3/b;;5-3-. The lowest BCUT2D eigenvalue weighted by atomic mass is 9.98. The van der Waals surface area contributed by atoms with Crippen LogP contribution in [0.15, 0.2) is 12.2 Å². The van der Waals surface area contributed by atoms with Crippen LogP contribution in [-0.2, 0) is 14.4 Å². The molecule has 9 nitrogen and oxygen atoms in total. The number of amides is 1. The number of unbranched alkanes of at least 4 members (excludes halogenated alkanes) is 6. The molecule has 0 radical (unpaired) electrons. The van der Waals surface area contributed by atoms with E-state index in [4.69, 9.17) is 0 Å². The summed E-state index contributed by atoms with van der Waals surface area (Å²) in [6.45, 7) is 12.9. The molecule has 1 saturated carbocycles. The molecule has 1 amide bonds. The lowest BCUT2D eigenvalue weighted by molar-refractivity contribution is -0.757. The highest BCUT2D eigenvalue weighted by Gasteiger charge is 2.16. The van der Waals surface area contributed by atoms with Crippen molar-refractivity contribution in [3.63, 3.8) is 0 Å². The Morgan fingerprint density at radius 3 is 2.15 bits per heavy atom. The molecule has 0 bridgehead atoms. The van der Waals surface area contributed by atoms with Gasteiger partial charge in [-0.2, -0.15) is 0 Å². The third-order valence-corrected chi connectivity index (χ3v) is 7.76. The highest BCUT2D eigenvalue weighted by Crippen LogP contribution is 2.28. The van der Waals surface area contributed by atoms with E-state index in [-0.39, 0.29) is 6.61 Å². The monoisotopic (exact) mass is 582 g/mol. The SMILES string of the molecule is C/C=C\CCCC.CCCCCCCC(=O)CCC1CCCC1.O=CNCCN1CCN(CCCO[N+](=O)[O-])CC1. The molecule has 0 unspecified atom stereocenters. The summed E-state index contributed by atoms with van der Waals surface area (Å²) in [7, 11) is 0. The first kappa shape index (κ1) is 39.0. The van der Waals surface area contributed by atoms with Gasteiger partial charge in [0.1, 0.15) is 5.78 Å². The largest absolute Gasteiger partial charge is 0.357 e. The molecular formula is C32H62N4O5. The summed E-state index contributed by atoms with van der Waals surface area (Å²) in [4.78, 5) is 40.5. The van der Waals surface area contributed by atoms with E-state index in [1.165, 1.54) is 77.0 Å². The summed E-state index contributed by atoms with van der Waals surface area (Å²) >= 11 is 0. The fraction of sp³-hybridized carbons (Fsp3) is 0.875. The molecule has 240 valence electrons. The molecule has 0 aromatic carbocycles. The Hall–Kier alpha value is -2.00. The number of ketones is 1. The molecule has 1 aliphatic heterocycles. The van der Waals surface area contributed by atoms with Crippen molar-refractivity contribution in [3.05, 3.63) is 22.3 Å². The van der Waals surface area contributed by atoms with Crippen LogP contribution < -0.4 is 5.32 Å². The smallest absolute Gasteiger partial charge is 0.294 e. The van der Waals surface area contributed by atoms with Gasteiger partial charge in [0.05, 0.1) is 6.61 Å². The molecule has 0 aromatic heterocycles. The summed E-state index contributed by atoms with van der Waals surface area (Å²) in [5, 5.41) is 11.8. The second-order valence-electron chi connectivity index (χ2n) is 11.3. The summed E-state index contributed by atoms with van der Waals surface area (Å²) in [5.41, 5.74) is 0. The van der Waals surface area contributed by atoms with Gasteiger partial charge < -0.3 is 15.1 Å². The van der Waals surface area contributed by atoms with Crippen molar-refractivity contribution in [1.82, 2.24) is 15.1 Å².